The first kappa shape index (κ1) is 16.1. The Morgan fingerprint density at radius 2 is 1.50 bits per heavy atom. The lowest BCUT2D eigenvalue weighted by Gasteiger charge is -2.27. The van der Waals surface area contributed by atoms with Crippen molar-refractivity contribution in [2.24, 2.45) is 17.2 Å². The Bertz CT molecular complexity index is 173. The summed E-state index contributed by atoms with van der Waals surface area (Å²) >= 11 is 0. The van der Waals surface area contributed by atoms with Crippen LogP contribution in [0.5, 0.6) is 0 Å². The number of nitrogens with two attached hydrogens (primary N) is 1. The van der Waals surface area contributed by atoms with Crippen LogP contribution in [0.15, 0.2) is 0 Å². The zero-order valence-corrected chi connectivity index (χ0v) is 12.3. The normalized spacial score (nSPS) is 14.4. The van der Waals surface area contributed by atoms with E-state index in [1.54, 1.807) is 0 Å². The molecule has 0 aromatic rings. The van der Waals surface area contributed by atoms with Crippen LogP contribution in [0.25, 0.3) is 0 Å². The topological polar surface area (TPSA) is 53.7 Å². The Labute approximate surface area is 101 Å². The average Bonchev–Trinajstić information content (AvgIpc) is 2.18. The SMILES string of the molecule is CCO[Si](N)(OCC)OCC(CC)C(C)C. The van der Waals surface area contributed by atoms with E-state index in [0.717, 1.165) is 6.42 Å². The lowest BCUT2D eigenvalue weighted by Crippen LogP contribution is -2.56. The molecule has 4 nitrogen and oxygen atoms in total. The minimum Gasteiger partial charge on any atom is -0.362 e. The van der Waals surface area contributed by atoms with Crippen LogP contribution in [-0.4, -0.2) is 28.8 Å². The Morgan fingerprint density at radius 3 is 1.81 bits per heavy atom. The Kier molecular flexibility index (Phi) is 8.22. The summed E-state index contributed by atoms with van der Waals surface area (Å²) in [5.41, 5.74) is 0. The molecule has 0 aromatic carbocycles. The molecule has 0 rings (SSSR count). The van der Waals surface area contributed by atoms with E-state index < -0.39 is 8.97 Å². The Morgan fingerprint density at radius 1 is 1.00 bits per heavy atom. The summed E-state index contributed by atoms with van der Waals surface area (Å²) in [6, 6.07) is 0. The van der Waals surface area contributed by atoms with Gasteiger partial charge in [0.1, 0.15) is 0 Å². The van der Waals surface area contributed by atoms with Gasteiger partial charge in [-0.1, -0.05) is 27.2 Å². The van der Waals surface area contributed by atoms with Crippen molar-refractivity contribution >= 4 is 8.97 Å². The zero-order chi connectivity index (χ0) is 12.6. The first-order chi connectivity index (χ1) is 7.49. The second-order valence-corrected chi connectivity index (χ2v) is 6.27. The van der Waals surface area contributed by atoms with Crippen LogP contribution in [0.4, 0.5) is 0 Å². The third kappa shape index (κ3) is 5.96. The molecule has 5 heteroatoms. The van der Waals surface area contributed by atoms with Gasteiger partial charge in [-0.2, -0.15) is 0 Å². The van der Waals surface area contributed by atoms with Crippen LogP contribution >= 0.6 is 0 Å². The highest BCUT2D eigenvalue weighted by molar-refractivity contribution is 6.56. The van der Waals surface area contributed by atoms with Crippen molar-refractivity contribution in [3.05, 3.63) is 0 Å². The molecule has 0 saturated carbocycles. The van der Waals surface area contributed by atoms with Crippen molar-refractivity contribution in [1.82, 2.24) is 0 Å². The van der Waals surface area contributed by atoms with Gasteiger partial charge in [0.15, 0.2) is 0 Å². The van der Waals surface area contributed by atoms with Gasteiger partial charge < -0.3 is 13.3 Å². The van der Waals surface area contributed by atoms with Crippen LogP contribution in [0.2, 0.25) is 0 Å². The molecular weight excluding hydrogens is 222 g/mol. The van der Waals surface area contributed by atoms with E-state index in [2.05, 4.69) is 20.8 Å². The minimum atomic E-state index is -2.87. The molecule has 98 valence electrons. The molecule has 16 heavy (non-hydrogen) atoms. The molecule has 0 radical (unpaired) electrons. The summed E-state index contributed by atoms with van der Waals surface area (Å²) in [6.45, 7) is 12.0. The number of hydrogen-bond acceptors (Lipinski definition) is 4. The molecule has 0 aromatic heterocycles. The minimum absolute atomic E-state index is 0.510. The van der Waals surface area contributed by atoms with E-state index in [1.807, 2.05) is 13.8 Å². The van der Waals surface area contributed by atoms with E-state index in [0.29, 0.717) is 31.7 Å². The molecule has 1 atom stereocenters. The smallest absolute Gasteiger partial charge is 0.362 e. The fraction of sp³-hybridized carbons (Fsp3) is 1.00. The molecule has 1 unspecified atom stereocenters. The van der Waals surface area contributed by atoms with Gasteiger partial charge in [0.25, 0.3) is 0 Å². The van der Waals surface area contributed by atoms with Crippen molar-refractivity contribution in [1.29, 1.82) is 0 Å². The maximum atomic E-state index is 5.99. The average molecular weight is 249 g/mol. The molecule has 0 spiro atoms. The standard InChI is InChI=1S/C11H27NO3Si/c1-6-11(10(4)5)9-15-16(12,13-7-2)14-8-3/h10-11H,6-9,12H2,1-5H3. The molecule has 0 aliphatic rings. The Hall–Kier alpha value is 0.0569. The summed E-state index contributed by atoms with van der Waals surface area (Å²) in [5, 5.41) is 5.99. The summed E-state index contributed by atoms with van der Waals surface area (Å²) < 4.78 is 16.5. The van der Waals surface area contributed by atoms with Gasteiger partial charge in [-0.25, -0.2) is 0 Å². The van der Waals surface area contributed by atoms with Gasteiger partial charge in [-0.15, -0.1) is 0 Å². The van der Waals surface area contributed by atoms with Crippen molar-refractivity contribution in [2.75, 3.05) is 19.8 Å². The van der Waals surface area contributed by atoms with Crippen molar-refractivity contribution in [3.8, 4) is 0 Å². The quantitative estimate of drug-likeness (QED) is 0.636. The summed E-state index contributed by atoms with van der Waals surface area (Å²) in [4.78, 5) is 0. The predicted molar refractivity (Wildman–Crippen MR) is 67.8 cm³/mol. The molecule has 0 fully saturated rings. The number of rotatable bonds is 9. The molecule has 0 amide bonds. The first-order valence-corrected chi connectivity index (χ1v) is 8.00. The number of hydrogen-bond donors (Lipinski definition) is 1. The summed E-state index contributed by atoms with van der Waals surface area (Å²) in [7, 11) is -2.87. The highest BCUT2D eigenvalue weighted by atomic mass is 28.4. The first-order valence-electron chi connectivity index (χ1n) is 6.19. The van der Waals surface area contributed by atoms with E-state index in [4.69, 9.17) is 18.7 Å². The van der Waals surface area contributed by atoms with Crippen LogP contribution in [0.3, 0.4) is 0 Å². The van der Waals surface area contributed by atoms with Gasteiger partial charge in [0.05, 0.1) is 0 Å². The van der Waals surface area contributed by atoms with Gasteiger partial charge in [0.2, 0.25) is 0 Å². The van der Waals surface area contributed by atoms with Gasteiger partial charge in [0, 0.05) is 19.8 Å². The van der Waals surface area contributed by atoms with Crippen LogP contribution in [0.1, 0.15) is 41.0 Å². The van der Waals surface area contributed by atoms with Crippen LogP contribution < -0.4 is 5.40 Å². The third-order valence-corrected chi connectivity index (χ3v) is 4.61. The van der Waals surface area contributed by atoms with Gasteiger partial charge in [-0.3, -0.25) is 5.40 Å². The fourth-order valence-electron chi connectivity index (χ4n) is 1.53. The van der Waals surface area contributed by atoms with Crippen LogP contribution in [0, 0.1) is 11.8 Å². The van der Waals surface area contributed by atoms with E-state index in [1.165, 1.54) is 0 Å². The lowest BCUT2D eigenvalue weighted by molar-refractivity contribution is 0.0484. The molecule has 2 N–H and O–H groups in total. The van der Waals surface area contributed by atoms with Gasteiger partial charge >= 0.3 is 8.97 Å². The second kappa shape index (κ2) is 8.19. The fourth-order valence-corrected chi connectivity index (χ4v) is 3.03. The molecule has 0 saturated heterocycles. The van der Waals surface area contributed by atoms with Crippen molar-refractivity contribution in [3.63, 3.8) is 0 Å². The van der Waals surface area contributed by atoms with E-state index in [9.17, 15) is 0 Å². The Balaban J connectivity index is 4.18. The molecule has 0 aliphatic carbocycles. The van der Waals surface area contributed by atoms with Gasteiger partial charge in [-0.05, 0) is 25.7 Å². The molecular formula is C11H27NO3Si. The summed E-state index contributed by atoms with van der Waals surface area (Å²) in [5.74, 6) is 1.10. The monoisotopic (exact) mass is 249 g/mol. The van der Waals surface area contributed by atoms with E-state index in [-0.39, 0.29) is 0 Å². The van der Waals surface area contributed by atoms with Crippen molar-refractivity contribution < 1.29 is 13.3 Å². The molecule has 0 aliphatic heterocycles. The third-order valence-electron chi connectivity index (χ3n) is 2.66. The largest absolute Gasteiger partial charge is 0.594 e. The lowest BCUT2D eigenvalue weighted by atomic mass is 9.94. The summed E-state index contributed by atoms with van der Waals surface area (Å²) in [6.07, 6.45) is 1.08. The molecule has 0 bridgehead atoms. The van der Waals surface area contributed by atoms with E-state index >= 15 is 0 Å². The molecule has 0 heterocycles. The van der Waals surface area contributed by atoms with Crippen LogP contribution in [-0.2, 0) is 13.3 Å². The highest BCUT2D eigenvalue weighted by Gasteiger charge is 2.37. The highest BCUT2D eigenvalue weighted by Crippen LogP contribution is 2.17. The second-order valence-electron chi connectivity index (χ2n) is 4.19. The zero-order valence-electron chi connectivity index (χ0n) is 11.3. The van der Waals surface area contributed by atoms with Crippen molar-refractivity contribution in [2.45, 2.75) is 41.0 Å². The predicted octanol–water partition coefficient (Wildman–Crippen LogP) is 2.15. The maximum Gasteiger partial charge on any atom is 0.594 e. The maximum absolute atomic E-state index is 5.99.